The molecular weight excluding hydrogens is 253 g/mol. The van der Waals surface area contributed by atoms with Crippen molar-refractivity contribution < 1.29 is 9.13 Å². The summed E-state index contributed by atoms with van der Waals surface area (Å²) in [4.78, 5) is 0. The molecule has 0 unspecified atom stereocenters. The van der Waals surface area contributed by atoms with E-state index in [9.17, 15) is 4.39 Å². The summed E-state index contributed by atoms with van der Waals surface area (Å²) in [5.41, 5.74) is 1.06. The van der Waals surface area contributed by atoms with Gasteiger partial charge in [0.25, 0.3) is 0 Å². The topological polar surface area (TPSA) is 33.0 Å². The van der Waals surface area contributed by atoms with Crippen LogP contribution in [0.5, 0.6) is 11.5 Å². The molecule has 4 heteroatoms. The highest BCUT2D eigenvalue weighted by Gasteiger charge is 2.11. The zero-order valence-corrected chi connectivity index (χ0v) is 10.3. The molecule has 0 aliphatic heterocycles. The molecule has 0 atom stereocenters. The van der Waals surface area contributed by atoms with Gasteiger partial charge in [-0.25, -0.2) is 4.39 Å². The molecule has 2 aromatic carbocycles. The van der Waals surface area contributed by atoms with Gasteiger partial charge in [-0.15, -0.1) is 0 Å². The molecule has 90 valence electrons. The molecule has 0 spiro atoms. The van der Waals surface area contributed by atoms with Gasteiger partial charge in [0.1, 0.15) is 17.4 Å². The Morgan fingerprint density at radius 1 is 1.22 bits per heavy atom. The van der Waals surface area contributed by atoms with Gasteiger partial charge in [-0.3, -0.25) is 0 Å². The Morgan fingerprint density at radius 2 is 2.00 bits per heavy atom. The van der Waals surface area contributed by atoms with Gasteiger partial charge in [0, 0.05) is 0 Å². The number of nitrogens with zero attached hydrogens (tertiary/aromatic N) is 1. The monoisotopic (exact) mass is 261 g/mol. The summed E-state index contributed by atoms with van der Waals surface area (Å²) in [5, 5.41) is 9.27. The van der Waals surface area contributed by atoms with Gasteiger partial charge in [-0.2, -0.15) is 5.26 Å². The van der Waals surface area contributed by atoms with Gasteiger partial charge in [0.05, 0.1) is 5.02 Å². The molecule has 0 bridgehead atoms. The molecule has 0 fully saturated rings. The van der Waals surface area contributed by atoms with Gasteiger partial charge in [-0.1, -0.05) is 23.7 Å². The van der Waals surface area contributed by atoms with E-state index < -0.39 is 5.82 Å². The normalized spacial score (nSPS) is 9.89. The van der Waals surface area contributed by atoms with Crippen LogP contribution in [0.1, 0.15) is 11.1 Å². The van der Waals surface area contributed by atoms with Crippen LogP contribution in [-0.4, -0.2) is 0 Å². The molecule has 0 amide bonds. The fourth-order valence-electron chi connectivity index (χ4n) is 1.51. The van der Waals surface area contributed by atoms with Crippen molar-refractivity contribution in [3.63, 3.8) is 0 Å². The molecule has 2 aromatic rings. The quantitative estimate of drug-likeness (QED) is 0.800. The highest BCUT2D eigenvalue weighted by molar-refractivity contribution is 6.31. The highest BCUT2D eigenvalue weighted by atomic mass is 35.5. The molecule has 2 nitrogen and oxygen atoms in total. The van der Waals surface area contributed by atoms with E-state index in [0.29, 0.717) is 0 Å². The Balaban J connectivity index is 2.44. The zero-order valence-electron chi connectivity index (χ0n) is 9.58. The first kappa shape index (κ1) is 12.4. The number of aryl methyl sites for hydroxylation is 1. The van der Waals surface area contributed by atoms with Crippen LogP contribution in [0.15, 0.2) is 36.4 Å². The van der Waals surface area contributed by atoms with Crippen molar-refractivity contribution in [3.05, 3.63) is 58.4 Å². The number of hydrogen-bond donors (Lipinski definition) is 0. The Morgan fingerprint density at radius 3 is 2.72 bits per heavy atom. The smallest absolute Gasteiger partial charge is 0.165 e. The molecule has 0 N–H and O–H groups in total. The highest BCUT2D eigenvalue weighted by Crippen LogP contribution is 2.31. The molecule has 0 saturated heterocycles. The predicted molar refractivity (Wildman–Crippen MR) is 67.4 cm³/mol. The van der Waals surface area contributed by atoms with E-state index in [1.807, 2.05) is 13.0 Å². The summed E-state index contributed by atoms with van der Waals surface area (Å²) in [7, 11) is 0. The van der Waals surface area contributed by atoms with E-state index in [1.165, 1.54) is 6.07 Å². The summed E-state index contributed by atoms with van der Waals surface area (Å²) in [6.45, 7) is 1.83. The van der Waals surface area contributed by atoms with Crippen LogP contribution in [0.25, 0.3) is 0 Å². The molecule has 2 rings (SSSR count). The van der Waals surface area contributed by atoms with Crippen molar-refractivity contribution in [1.29, 1.82) is 5.26 Å². The van der Waals surface area contributed by atoms with Crippen molar-refractivity contribution in [2.45, 2.75) is 6.92 Å². The molecule has 0 aromatic heterocycles. The number of nitriles is 1. The van der Waals surface area contributed by atoms with Crippen LogP contribution < -0.4 is 4.74 Å². The van der Waals surface area contributed by atoms with E-state index in [4.69, 9.17) is 21.6 Å². The molecular formula is C14H9ClFNO. The lowest BCUT2D eigenvalue weighted by Gasteiger charge is -2.09. The van der Waals surface area contributed by atoms with Crippen LogP contribution >= 0.6 is 11.6 Å². The van der Waals surface area contributed by atoms with Crippen molar-refractivity contribution >= 4 is 11.6 Å². The van der Waals surface area contributed by atoms with Crippen LogP contribution in [0.2, 0.25) is 5.02 Å². The van der Waals surface area contributed by atoms with Gasteiger partial charge in [-0.05, 0) is 36.8 Å². The first-order valence-corrected chi connectivity index (χ1v) is 5.62. The Hall–Kier alpha value is -2.05. The van der Waals surface area contributed by atoms with Crippen LogP contribution in [0, 0.1) is 24.1 Å². The lowest BCUT2D eigenvalue weighted by atomic mass is 10.2. The van der Waals surface area contributed by atoms with E-state index >= 15 is 0 Å². The van der Waals surface area contributed by atoms with E-state index in [-0.39, 0.29) is 22.1 Å². The number of benzene rings is 2. The standard InChI is InChI=1S/C14H9ClFNO/c1-9-5-6-12(16)14(7-9)18-13-4-2-3-11(15)10(13)8-17/h2-7H,1H3. The Kier molecular flexibility index (Phi) is 3.50. The van der Waals surface area contributed by atoms with Crippen molar-refractivity contribution in [1.82, 2.24) is 0 Å². The van der Waals surface area contributed by atoms with E-state index in [0.717, 1.165) is 5.56 Å². The second-order valence-corrected chi connectivity index (χ2v) is 4.17. The summed E-state index contributed by atoms with van der Waals surface area (Å²) in [6, 6.07) is 11.3. The van der Waals surface area contributed by atoms with Crippen molar-refractivity contribution in [2.24, 2.45) is 0 Å². The first-order chi connectivity index (χ1) is 8.61. The average molecular weight is 262 g/mol. The molecule has 0 radical (unpaired) electrons. The van der Waals surface area contributed by atoms with Crippen LogP contribution in [0.3, 0.4) is 0 Å². The third kappa shape index (κ3) is 2.44. The number of ether oxygens (including phenoxy) is 1. The van der Waals surface area contributed by atoms with Gasteiger partial charge >= 0.3 is 0 Å². The predicted octanol–water partition coefficient (Wildman–Crippen LogP) is 4.45. The third-order valence-corrected chi connectivity index (χ3v) is 2.71. The van der Waals surface area contributed by atoms with E-state index in [2.05, 4.69) is 0 Å². The number of halogens is 2. The lowest BCUT2D eigenvalue weighted by Crippen LogP contribution is -1.92. The molecule has 18 heavy (non-hydrogen) atoms. The fourth-order valence-corrected chi connectivity index (χ4v) is 1.71. The molecule has 0 saturated carbocycles. The molecule has 0 aliphatic rings. The van der Waals surface area contributed by atoms with Crippen LogP contribution in [0.4, 0.5) is 4.39 Å². The van der Waals surface area contributed by atoms with Gasteiger partial charge < -0.3 is 4.74 Å². The maximum atomic E-state index is 13.6. The maximum Gasteiger partial charge on any atom is 0.165 e. The maximum absolute atomic E-state index is 13.6. The van der Waals surface area contributed by atoms with Crippen LogP contribution in [-0.2, 0) is 0 Å². The first-order valence-electron chi connectivity index (χ1n) is 5.24. The Labute approximate surface area is 109 Å². The molecule has 0 heterocycles. The summed E-state index contributed by atoms with van der Waals surface area (Å²) in [6.07, 6.45) is 0. The summed E-state index contributed by atoms with van der Waals surface area (Å²) in [5.74, 6) is -0.160. The minimum absolute atomic E-state index is 0.0776. The zero-order chi connectivity index (χ0) is 13.1. The van der Waals surface area contributed by atoms with Crippen molar-refractivity contribution in [3.8, 4) is 17.6 Å². The Bertz CT molecular complexity index is 634. The van der Waals surface area contributed by atoms with E-state index in [1.54, 1.807) is 30.3 Å². The average Bonchev–Trinajstić information content (AvgIpc) is 2.34. The van der Waals surface area contributed by atoms with Gasteiger partial charge in [0.15, 0.2) is 11.6 Å². The number of hydrogen-bond acceptors (Lipinski definition) is 2. The summed E-state index contributed by atoms with van der Waals surface area (Å²) < 4.78 is 19.0. The second kappa shape index (κ2) is 5.07. The third-order valence-electron chi connectivity index (χ3n) is 2.39. The number of rotatable bonds is 2. The largest absolute Gasteiger partial charge is 0.453 e. The fraction of sp³-hybridized carbons (Fsp3) is 0.0714. The second-order valence-electron chi connectivity index (χ2n) is 3.76. The SMILES string of the molecule is Cc1ccc(F)c(Oc2cccc(Cl)c2C#N)c1. The minimum atomic E-state index is -0.482. The minimum Gasteiger partial charge on any atom is -0.453 e. The molecule has 0 aliphatic carbocycles. The van der Waals surface area contributed by atoms with Crippen molar-refractivity contribution in [2.75, 3.05) is 0 Å². The summed E-state index contributed by atoms with van der Waals surface area (Å²) >= 11 is 5.87. The lowest BCUT2D eigenvalue weighted by molar-refractivity contribution is 0.440. The van der Waals surface area contributed by atoms with Gasteiger partial charge in [0.2, 0.25) is 0 Å².